The number of nitrogens with zero attached hydrogens (tertiary/aromatic N) is 3. The van der Waals surface area contributed by atoms with Crippen molar-refractivity contribution in [2.75, 3.05) is 5.32 Å². The van der Waals surface area contributed by atoms with Gasteiger partial charge in [0.2, 0.25) is 0 Å². The van der Waals surface area contributed by atoms with Gasteiger partial charge in [0.05, 0.1) is 11.2 Å². The van der Waals surface area contributed by atoms with E-state index in [1.54, 1.807) is 6.20 Å². The Balaban J connectivity index is 1.99. The summed E-state index contributed by atoms with van der Waals surface area (Å²) in [6, 6.07) is 12.0. The summed E-state index contributed by atoms with van der Waals surface area (Å²) in [5, 5.41) is 14.2. The third-order valence-electron chi connectivity index (χ3n) is 2.84. The van der Waals surface area contributed by atoms with Crippen molar-refractivity contribution in [1.29, 1.82) is 5.26 Å². The standard InChI is InChI=1S/C14H10N4S/c1-9-12(8-15)14(19-18-9)17-11-4-5-13-10(7-11)3-2-6-16-13/h2-7,17H,1H3. The molecule has 2 aromatic heterocycles. The second-order valence-corrected chi connectivity index (χ2v) is 4.89. The fourth-order valence-electron chi connectivity index (χ4n) is 1.87. The molecule has 0 fully saturated rings. The number of hydrogen-bond donors (Lipinski definition) is 1. The SMILES string of the molecule is Cc1nsc(Nc2ccc3ncccc3c2)c1C#N. The van der Waals surface area contributed by atoms with Gasteiger partial charge in [0.25, 0.3) is 0 Å². The van der Waals surface area contributed by atoms with Crippen LogP contribution in [0.2, 0.25) is 0 Å². The van der Waals surface area contributed by atoms with Crippen molar-refractivity contribution >= 4 is 33.1 Å². The van der Waals surface area contributed by atoms with Gasteiger partial charge in [-0.05, 0) is 42.7 Å². The lowest BCUT2D eigenvalue weighted by molar-refractivity contribution is 1.31. The Bertz CT molecular complexity index is 785. The van der Waals surface area contributed by atoms with Crippen molar-refractivity contribution in [1.82, 2.24) is 9.36 Å². The van der Waals surface area contributed by atoms with Gasteiger partial charge in [-0.3, -0.25) is 4.98 Å². The van der Waals surface area contributed by atoms with E-state index in [1.807, 2.05) is 37.3 Å². The highest BCUT2D eigenvalue weighted by Crippen LogP contribution is 2.28. The second-order valence-electron chi connectivity index (χ2n) is 4.12. The molecule has 0 atom stereocenters. The van der Waals surface area contributed by atoms with Gasteiger partial charge in [0.15, 0.2) is 0 Å². The molecular weight excluding hydrogens is 256 g/mol. The fraction of sp³-hybridized carbons (Fsp3) is 0.0714. The molecule has 0 aliphatic rings. The first-order valence-corrected chi connectivity index (χ1v) is 6.53. The maximum Gasteiger partial charge on any atom is 0.132 e. The van der Waals surface area contributed by atoms with Crippen molar-refractivity contribution < 1.29 is 0 Å². The van der Waals surface area contributed by atoms with Crippen molar-refractivity contribution in [3.05, 3.63) is 47.8 Å². The first-order chi connectivity index (χ1) is 9.28. The number of rotatable bonds is 2. The van der Waals surface area contributed by atoms with E-state index >= 15 is 0 Å². The van der Waals surface area contributed by atoms with Crippen molar-refractivity contribution in [2.45, 2.75) is 6.92 Å². The van der Waals surface area contributed by atoms with Gasteiger partial charge in [-0.15, -0.1) is 0 Å². The van der Waals surface area contributed by atoms with Gasteiger partial charge < -0.3 is 5.32 Å². The Morgan fingerprint density at radius 1 is 1.32 bits per heavy atom. The number of aryl methyl sites for hydroxylation is 1. The van der Waals surface area contributed by atoms with Crippen LogP contribution in [0.15, 0.2) is 36.5 Å². The van der Waals surface area contributed by atoms with E-state index in [4.69, 9.17) is 5.26 Å². The van der Waals surface area contributed by atoms with Crippen LogP contribution in [0.4, 0.5) is 10.7 Å². The molecule has 4 nitrogen and oxygen atoms in total. The van der Waals surface area contributed by atoms with Crippen LogP contribution in [0, 0.1) is 18.3 Å². The van der Waals surface area contributed by atoms with E-state index < -0.39 is 0 Å². The van der Waals surface area contributed by atoms with Crippen molar-refractivity contribution in [3.63, 3.8) is 0 Å². The predicted molar refractivity (Wildman–Crippen MR) is 76.6 cm³/mol. The van der Waals surface area contributed by atoms with E-state index in [1.165, 1.54) is 11.5 Å². The zero-order valence-electron chi connectivity index (χ0n) is 10.2. The molecule has 0 amide bonds. The van der Waals surface area contributed by atoms with Crippen LogP contribution in [0.25, 0.3) is 10.9 Å². The number of aromatic nitrogens is 2. The highest BCUT2D eigenvalue weighted by Gasteiger charge is 2.10. The van der Waals surface area contributed by atoms with Crippen LogP contribution < -0.4 is 5.32 Å². The molecule has 2 heterocycles. The summed E-state index contributed by atoms with van der Waals surface area (Å²) in [5.41, 5.74) is 3.25. The molecule has 0 aliphatic heterocycles. The fourth-order valence-corrected chi connectivity index (χ4v) is 2.64. The topological polar surface area (TPSA) is 61.6 Å². The van der Waals surface area contributed by atoms with Crippen LogP contribution in [0.3, 0.4) is 0 Å². The minimum Gasteiger partial charge on any atom is -0.345 e. The summed E-state index contributed by atoms with van der Waals surface area (Å²) in [6.07, 6.45) is 1.77. The molecule has 0 saturated carbocycles. The van der Waals surface area contributed by atoms with Crippen LogP contribution in [-0.4, -0.2) is 9.36 Å². The molecule has 0 aliphatic carbocycles. The lowest BCUT2D eigenvalue weighted by Gasteiger charge is -2.05. The molecule has 3 aromatic rings. The molecule has 3 rings (SSSR count). The number of nitriles is 1. The predicted octanol–water partition coefficient (Wildman–Crippen LogP) is 3.62. The van der Waals surface area contributed by atoms with Gasteiger partial charge in [-0.2, -0.15) is 9.64 Å². The minimum absolute atomic E-state index is 0.608. The van der Waals surface area contributed by atoms with Crippen LogP contribution >= 0.6 is 11.5 Å². The third kappa shape index (κ3) is 2.14. The molecule has 0 radical (unpaired) electrons. The molecule has 19 heavy (non-hydrogen) atoms. The third-order valence-corrected chi connectivity index (χ3v) is 3.69. The number of benzene rings is 1. The van der Waals surface area contributed by atoms with Gasteiger partial charge in [0.1, 0.15) is 16.6 Å². The van der Waals surface area contributed by atoms with E-state index in [2.05, 4.69) is 20.7 Å². The number of fused-ring (bicyclic) bond motifs is 1. The van der Waals surface area contributed by atoms with Crippen LogP contribution in [0.1, 0.15) is 11.3 Å². The zero-order valence-corrected chi connectivity index (χ0v) is 11.0. The average molecular weight is 266 g/mol. The van der Waals surface area contributed by atoms with Crippen molar-refractivity contribution in [2.24, 2.45) is 0 Å². The largest absolute Gasteiger partial charge is 0.345 e. The normalized spacial score (nSPS) is 10.3. The monoisotopic (exact) mass is 266 g/mol. The molecule has 0 unspecified atom stereocenters. The molecule has 5 heteroatoms. The van der Waals surface area contributed by atoms with Crippen LogP contribution in [0.5, 0.6) is 0 Å². The average Bonchev–Trinajstić information content (AvgIpc) is 2.79. The van der Waals surface area contributed by atoms with E-state index in [-0.39, 0.29) is 0 Å². The summed E-state index contributed by atoms with van der Waals surface area (Å²) in [6.45, 7) is 1.84. The van der Waals surface area contributed by atoms with E-state index in [0.717, 1.165) is 27.3 Å². The smallest absolute Gasteiger partial charge is 0.132 e. The highest BCUT2D eigenvalue weighted by molar-refractivity contribution is 7.10. The van der Waals surface area contributed by atoms with Gasteiger partial charge >= 0.3 is 0 Å². The Morgan fingerprint density at radius 2 is 2.21 bits per heavy atom. The lowest BCUT2D eigenvalue weighted by Crippen LogP contribution is -1.90. The maximum atomic E-state index is 9.10. The summed E-state index contributed by atoms with van der Waals surface area (Å²) < 4.78 is 4.19. The second kappa shape index (κ2) is 4.67. The summed E-state index contributed by atoms with van der Waals surface area (Å²) in [7, 11) is 0. The molecule has 0 spiro atoms. The zero-order chi connectivity index (χ0) is 13.2. The minimum atomic E-state index is 0.608. The first kappa shape index (κ1) is 11.6. The molecule has 0 bridgehead atoms. The summed E-state index contributed by atoms with van der Waals surface area (Å²) >= 11 is 1.30. The van der Waals surface area contributed by atoms with Crippen molar-refractivity contribution in [3.8, 4) is 6.07 Å². The number of hydrogen-bond acceptors (Lipinski definition) is 5. The molecule has 92 valence electrons. The molecule has 0 saturated heterocycles. The molecule has 1 N–H and O–H groups in total. The molecule has 1 aromatic carbocycles. The highest BCUT2D eigenvalue weighted by atomic mass is 32.1. The number of nitrogens with one attached hydrogen (secondary N) is 1. The number of pyridine rings is 1. The summed E-state index contributed by atoms with van der Waals surface area (Å²) in [5.74, 6) is 0. The summed E-state index contributed by atoms with van der Waals surface area (Å²) in [4.78, 5) is 4.28. The van der Waals surface area contributed by atoms with Crippen LogP contribution in [-0.2, 0) is 0 Å². The Kier molecular flexibility index (Phi) is 2.86. The molecular formula is C14H10N4S. The van der Waals surface area contributed by atoms with E-state index in [0.29, 0.717) is 5.56 Å². The Morgan fingerprint density at radius 3 is 3.05 bits per heavy atom. The van der Waals surface area contributed by atoms with E-state index in [9.17, 15) is 0 Å². The van der Waals surface area contributed by atoms with Gasteiger partial charge in [-0.25, -0.2) is 0 Å². The first-order valence-electron chi connectivity index (χ1n) is 5.76. The lowest BCUT2D eigenvalue weighted by atomic mass is 10.2. The number of anilines is 2. The quantitative estimate of drug-likeness (QED) is 0.769. The maximum absolute atomic E-state index is 9.10. The Hall–Kier alpha value is -2.45. The van der Waals surface area contributed by atoms with Gasteiger partial charge in [0, 0.05) is 17.3 Å². The Labute approximate surface area is 114 Å². The van der Waals surface area contributed by atoms with Gasteiger partial charge in [-0.1, -0.05) is 6.07 Å².